The number of hydrogen-bond donors (Lipinski definition) is 1. The summed E-state index contributed by atoms with van der Waals surface area (Å²) in [4.78, 5) is 2.22. The van der Waals surface area contributed by atoms with Gasteiger partial charge in [0.15, 0.2) is 0 Å². The third-order valence-corrected chi connectivity index (χ3v) is 4.06. The lowest BCUT2D eigenvalue weighted by Crippen LogP contribution is -2.61. The van der Waals surface area contributed by atoms with Crippen LogP contribution < -0.4 is 0 Å². The zero-order chi connectivity index (χ0) is 13.3. The molecule has 1 saturated heterocycles. The Balaban J connectivity index is 1.98. The normalized spacial score (nSPS) is 18.9. The van der Waals surface area contributed by atoms with Gasteiger partial charge in [-0.15, -0.1) is 0 Å². The van der Waals surface area contributed by atoms with E-state index in [1.807, 2.05) is 11.7 Å². The van der Waals surface area contributed by atoms with Crippen molar-refractivity contribution in [2.24, 2.45) is 7.05 Å². The highest BCUT2D eigenvalue weighted by atomic mass is 35.5. The molecule has 0 bridgehead atoms. The van der Waals surface area contributed by atoms with Crippen LogP contribution in [0.2, 0.25) is 5.02 Å². The maximum absolute atomic E-state index is 10.2. The Labute approximate surface area is 114 Å². The summed E-state index contributed by atoms with van der Waals surface area (Å²) in [5, 5.41) is 15.3. The summed E-state index contributed by atoms with van der Waals surface area (Å²) in [5.41, 5.74) is 1.53. The van der Waals surface area contributed by atoms with Gasteiger partial charge in [-0.1, -0.05) is 31.9 Å². The van der Waals surface area contributed by atoms with Crippen molar-refractivity contribution < 1.29 is 5.11 Å². The number of aromatic nitrogens is 2. The van der Waals surface area contributed by atoms with Crippen molar-refractivity contribution in [2.75, 3.05) is 13.1 Å². The van der Waals surface area contributed by atoms with Crippen molar-refractivity contribution in [3.05, 3.63) is 16.4 Å². The Bertz CT molecular complexity index is 424. The molecule has 1 N–H and O–H groups in total. The molecule has 0 aromatic carbocycles. The van der Waals surface area contributed by atoms with Gasteiger partial charge in [-0.3, -0.25) is 9.58 Å². The zero-order valence-corrected chi connectivity index (χ0v) is 12.2. The monoisotopic (exact) mass is 271 g/mol. The van der Waals surface area contributed by atoms with Crippen LogP contribution >= 0.6 is 11.6 Å². The third kappa shape index (κ3) is 2.56. The van der Waals surface area contributed by atoms with E-state index in [1.54, 1.807) is 0 Å². The SMILES string of the molecule is CCCC1(O)CN(Cc2c(Cl)c(CC)nn2C)C1. The molecular formula is C13H22ClN3O. The van der Waals surface area contributed by atoms with E-state index in [4.69, 9.17) is 11.6 Å². The molecule has 0 radical (unpaired) electrons. The average molecular weight is 272 g/mol. The molecule has 0 amide bonds. The molecule has 5 heteroatoms. The number of rotatable bonds is 5. The molecule has 0 saturated carbocycles. The second kappa shape index (κ2) is 5.19. The van der Waals surface area contributed by atoms with Crippen LogP contribution in [-0.2, 0) is 20.0 Å². The van der Waals surface area contributed by atoms with E-state index in [0.717, 1.165) is 55.3 Å². The minimum atomic E-state index is -0.479. The quantitative estimate of drug-likeness (QED) is 0.890. The fourth-order valence-electron chi connectivity index (χ4n) is 2.72. The summed E-state index contributed by atoms with van der Waals surface area (Å²) < 4.78 is 1.86. The molecule has 0 unspecified atom stereocenters. The first kappa shape index (κ1) is 13.8. The van der Waals surface area contributed by atoms with E-state index >= 15 is 0 Å². The first-order valence-corrected chi connectivity index (χ1v) is 7.02. The number of aryl methyl sites for hydroxylation is 2. The van der Waals surface area contributed by atoms with Gasteiger partial charge in [0.25, 0.3) is 0 Å². The van der Waals surface area contributed by atoms with Gasteiger partial charge in [0.1, 0.15) is 0 Å². The second-order valence-corrected chi connectivity index (χ2v) is 5.68. The first-order chi connectivity index (χ1) is 8.49. The molecule has 2 heterocycles. The smallest absolute Gasteiger partial charge is 0.0900 e. The fraction of sp³-hybridized carbons (Fsp3) is 0.769. The van der Waals surface area contributed by atoms with Crippen molar-refractivity contribution in [3.63, 3.8) is 0 Å². The second-order valence-electron chi connectivity index (χ2n) is 5.30. The van der Waals surface area contributed by atoms with Crippen LogP contribution in [0.5, 0.6) is 0 Å². The van der Waals surface area contributed by atoms with E-state index in [0.29, 0.717) is 0 Å². The minimum absolute atomic E-state index is 0.479. The van der Waals surface area contributed by atoms with Gasteiger partial charge in [-0.2, -0.15) is 5.10 Å². The predicted octanol–water partition coefficient (Wildman–Crippen LogP) is 1.98. The molecule has 0 atom stereocenters. The minimum Gasteiger partial charge on any atom is -0.387 e. The van der Waals surface area contributed by atoms with E-state index < -0.39 is 5.60 Å². The van der Waals surface area contributed by atoms with Crippen molar-refractivity contribution in [1.82, 2.24) is 14.7 Å². The highest BCUT2D eigenvalue weighted by Gasteiger charge is 2.40. The number of aliphatic hydroxyl groups is 1. The average Bonchev–Trinajstić information content (AvgIpc) is 2.54. The van der Waals surface area contributed by atoms with Gasteiger partial charge in [0.05, 0.1) is 22.0 Å². The summed E-state index contributed by atoms with van der Waals surface area (Å²) >= 11 is 6.31. The lowest BCUT2D eigenvalue weighted by molar-refractivity contribution is -0.107. The maximum atomic E-state index is 10.2. The standard InChI is InChI=1S/C13H22ClN3O/c1-4-6-13(18)8-17(9-13)7-11-12(14)10(5-2)15-16(11)3/h18H,4-9H2,1-3H3. The third-order valence-electron chi connectivity index (χ3n) is 3.63. The predicted molar refractivity (Wildman–Crippen MR) is 72.7 cm³/mol. The number of β-amino-alcohol motifs (C(OH)–C–C–N with tert-alkyl or cyclic N) is 1. The molecule has 1 aliphatic heterocycles. The summed E-state index contributed by atoms with van der Waals surface area (Å²) in [6, 6.07) is 0. The van der Waals surface area contributed by atoms with Crippen LogP contribution in [0.1, 0.15) is 38.1 Å². The topological polar surface area (TPSA) is 41.3 Å². The fourth-order valence-corrected chi connectivity index (χ4v) is 3.08. The molecule has 18 heavy (non-hydrogen) atoms. The summed E-state index contributed by atoms with van der Waals surface area (Å²) in [7, 11) is 1.93. The van der Waals surface area contributed by atoms with Gasteiger partial charge in [0, 0.05) is 26.7 Å². The summed E-state index contributed by atoms with van der Waals surface area (Å²) in [5.74, 6) is 0. The molecule has 1 aromatic heterocycles. The van der Waals surface area contributed by atoms with Gasteiger partial charge in [-0.05, 0) is 12.8 Å². The van der Waals surface area contributed by atoms with Crippen molar-refractivity contribution in [2.45, 2.75) is 45.3 Å². The van der Waals surface area contributed by atoms with Crippen LogP contribution in [-0.4, -0.2) is 38.5 Å². The lowest BCUT2D eigenvalue weighted by Gasteiger charge is -2.46. The molecular weight excluding hydrogens is 250 g/mol. The Morgan fingerprint density at radius 2 is 2.06 bits per heavy atom. The zero-order valence-electron chi connectivity index (χ0n) is 11.4. The van der Waals surface area contributed by atoms with Gasteiger partial charge in [0.2, 0.25) is 0 Å². The maximum Gasteiger partial charge on any atom is 0.0900 e. The molecule has 1 aliphatic rings. The number of hydrogen-bond acceptors (Lipinski definition) is 3. The van der Waals surface area contributed by atoms with Gasteiger partial charge >= 0.3 is 0 Å². The van der Waals surface area contributed by atoms with Crippen molar-refractivity contribution in [3.8, 4) is 0 Å². The van der Waals surface area contributed by atoms with Crippen LogP contribution in [0.25, 0.3) is 0 Å². The molecule has 2 rings (SSSR count). The Hall–Kier alpha value is -0.580. The molecule has 0 aliphatic carbocycles. The number of halogens is 1. The van der Waals surface area contributed by atoms with E-state index in [1.165, 1.54) is 0 Å². The molecule has 4 nitrogen and oxygen atoms in total. The number of likely N-dealkylation sites (tertiary alicyclic amines) is 1. The van der Waals surface area contributed by atoms with Gasteiger partial charge in [-0.25, -0.2) is 0 Å². The molecule has 1 fully saturated rings. The van der Waals surface area contributed by atoms with Gasteiger partial charge < -0.3 is 5.11 Å². The summed E-state index contributed by atoms with van der Waals surface area (Å²) in [6.45, 7) is 6.41. The Morgan fingerprint density at radius 1 is 1.39 bits per heavy atom. The lowest BCUT2D eigenvalue weighted by atomic mass is 9.89. The molecule has 102 valence electrons. The van der Waals surface area contributed by atoms with Crippen molar-refractivity contribution >= 4 is 11.6 Å². The van der Waals surface area contributed by atoms with E-state index in [-0.39, 0.29) is 0 Å². The highest BCUT2D eigenvalue weighted by molar-refractivity contribution is 6.31. The van der Waals surface area contributed by atoms with E-state index in [9.17, 15) is 5.11 Å². The van der Waals surface area contributed by atoms with Crippen molar-refractivity contribution in [1.29, 1.82) is 0 Å². The molecule has 0 spiro atoms. The van der Waals surface area contributed by atoms with Crippen LogP contribution in [0.15, 0.2) is 0 Å². The van der Waals surface area contributed by atoms with Crippen LogP contribution in [0.3, 0.4) is 0 Å². The first-order valence-electron chi connectivity index (χ1n) is 6.64. The number of nitrogens with zero attached hydrogens (tertiary/aromatic N) is 3. The van der Waals surface area contributed by atoms with Crippen LogP contribution in [0, 0.1) is 0 Å². The van der Waals surface area contributed by atoms with E-state index in [2.05, 4.69) is 23.8 Å². The molecule has 1 aromatic rings. The largest absolute Gasteiger partial charge is 0.387 e. The van der Waals surface area contributed by atoms with Crippen LogP contribution in [0.4, 0.5) is 0 Å². The Kier molecular flexibility index (Phi) is 3.99. The Morgan fingerprint density at radius 3 is 2.56 bits per heavy atom. The highest BCUT2D eigenvalue weighted by Crippen LogP contribution is 2.29. The summed E-state index contributed by atoms with van der Waals surface area (Å²) in [6.07, 6.45) is 2.76.